The summed E-state index contributed by atoms with van der Waals surface area (Å²) >= 11 is 0. The lowest BCUT2D eigenvalue weighted by Crippen LogP contribution is -2.17. The minimum Gasteiger partial charge on any atom is -0.493 e. The second kappa shape index (κ2) is 5.56. The summed E-state index contributed by atoms with van der Waals surface area (Å²) in [6, 6.07) is 5.56. The van der Waals surface area contributed by atoms with Crippen LogP contribution in [0.4, 0.5) is 11.4 Å². The van der Waals surface area contributed by atoms with Crippen molar-refractivity contribution in [3.05, 3.63) is 36.3 Å². The van der Waals surface area contributed by atoms with Crippen LogP contribution in [0.2, 0.25) is 0 Å². The van der Waals surface area contributed by atoms with Crippen molar-refractivity contribution < 1.29 is 13.9 Å². The van der Waals surface area contributed by atoms with Gasteiger partial charge in [-0.15, -0.1) is 0 Å². The van der Waals surface area contributed by atoms with Crippen LogP contribution in [0.25, 0.3) is 0 Å². The Morgan fingerprint density at radius 3 is 2.47 bits per heavy atom. The van der Waals surface area contributed by atoms with Gasteiger partial charge in [0, 0.05) is 31.3 Å². The molecule has 1 aromatic carbocycles. The van der Waals surface area contributed by atoms with Gasteiger partial charge < -0.3 is 24.5 Å². The highest BCUT2D eigenvalue weighted by molar-refractivity contribution is 5.73. The Labute approximate surface area is 112 Å². The third-order valence-electron chi connectivity index (χ3n) is 2.94. The summed E-state index contributed by atoms with van der Waals surface area (Å²) in [5.74, 6) is 1.28. The minimum absolute atomic E-state index is 0.625. The van der Waals surface area contributed by atoms with Crippen molar-refractivity contribution in [3.63, 3.8) is 0 Å². The Balaban J connectivity index is 2.28. The molecule has 1 aromatic heterocycles. The van der Waals surface area contributed by atoms with Gasteiger partial charge in [-0.05, 0) is 6.07 Å². The summed E-state index contributed by atoms with van der Waals surface area (Å²) in [5.41, 5.74) is 8.66. The molecule has 0 aliphatic carbocycles. The number of hydrogen-bond acceptors (Lipinski definition) is 5. The van der Waals surface area contributed by atoms with Crippen LogP contribution in [0.3, 0.4) is 0 Å². The van der Waals surface area contributed by atoms with Crippen LogP contribution in [0.1, 0.15) is 5.56 Å². The lowest BCUT2D eigenvalue weighted by atomic mass is 10.2. The summed E-state index contributed by atoms with van der Waals surface area (Å²) in [5, 5.41) is 0. The monoisotopic (exact) mass is 262 g/mol. The van der Waals surface area contributed by atoms with Gasteiger partial charge in [-0.2, -0.15) is 0 Å². The van der Waals surface area contributed by atoms with Crippen LogP contribution in [0, 0.1) is 0 Å². The van der Waals surface area contributed by atoms with E-state index < -0.39 is 0 Å². The third-order valence-corrected chi connectivity index (χ3v) is 2.94. The molecule has 2 aromatic rings. The molecule has 0 fully saturated rings. The zero-order valence-electron chi connectivity index (χ0n) is 11.3. The van der Waals surface area contributed by atoms with Crippen molar-refractivity contribution in [2.75, 3.05) is 31.9 Å². The molecule has 2 rings (SSSR count). The van der Waals surface area contributed by atoms with Crippen LogP contribution < -0.4 is 20.1 Å². The van der Waals surface area contributed by atoms with Crippen LogP contribution in [0.15, 0.2) is 35.1 Å². The van der Waals surface area contributed by atoms with Crippen molar-refractivity contribution in [1.82, 2.24) is 0 Å². The molecular weight excluding hydrogens is 244 g/mol. The molecule has 2 N–H and O–H groups in total. The maximum atomic E-state index is 6.05. The van der Waals surface area contributed by atoms with E-state index in [1.54, 1.807) is 32.8 Å². The molecule has 0 aliphatic heterocycles. The predicted octanol–water partition coefficient (Wildman–Crippen LogP) is 2.52. The Hall–Kier alpha value is -2.30. The standard InChI is InChI=1S/C14H18N2O3/c1-16(8-10-4-5-19-9-10)12-7-14(18-3)13(17-2)6-11(12)15/h4-7,9H,8,15H2,1-3H3. The maximum absolute atomic E-state index is 6.05. The second-order valence-corrected chi connectivity index (χ2v) is 4.25. The quantitative estimate of drug-likeness (QED) is 0.839. The smallest absolute Gasteiger partial charge is 0.162 e. The predicted molar refractivity (Wildman–Crippen MR) is 74.8 cm³/mol. The average molecular weight is 262 g/mol. The Morgan fingerprint density at radius 2 is 1.89 bits per heavy atom. The number of benzene rings is 1. The zero-order chi connectivity index (χ0) is 13.8. The Morgan fingerprint density at radius 1 is 1.21 bits per heavy atom. The lowest BCUT2D eigenvalue weighted by molar-refractivity contribution is 0.355. The fourth-order valence-electron chi connectivity index (χ4n) is 1.96. The van der Waals surface area contributed by atoms with E-state index in [-0.39, 0.29) is 0 Å². The first-order chi connectivity index (χ1) is 9.15. The summed E-state index contributed by atoms with van der Waals surface area (Å²) < 4.78 is 15.6. The fraction of sp³-hybridized carbons (Fsp3) is 0.286. The molecule has 0 saturated heterocycles. The molecule has 0 spiro atoms. The van der Waals surface area contributed by atoms with Gasteiger partial charge in [0.2, 0.25) is 0 Å². The summed E-state index contributed by atoms with van der Waals surface area (Å²) in [4.78, 5) is 2.03. The highest BCUT2D eigenvalue weighted by Crippen LogP contribution is 2.36. The number of anilines is 2. The van der Waals surface area contributed by atoms with Crippen molar-refractivity contribution in [3.8, 4) is 11.5 Å². The molecule has 0 unspecified atom stereocenters. The molecule has 5 nitrogen and oxygen atoms in total. The molecule has 19 heavy (non-hydrogen) atoms. The van der Waals surface area contributed by atoms with E-state index >= 15 is 0 Å². The van der Waals surface area contributed by atoms with Gasteiger partial charge in [0.05, 0.1) is 38.1 Å². The molecule has 0 atom stereocenters. The average Bonchev–Trinajstić information content (AvgIpc) is 2.90. The summed E-state index contributed by atoms with van der Waals surface area (Å²) in [6.07, 6.45) is 3.37. The maximum Gasteiger partial charge on any atom is 0.162 e. The summed E-state index contributed by atoms with van der Waals surface area (Å²) in [7, 11) is 5.16. The van der Waals surface area contributed by atoms with Gasteiger partial charge in [0.25, 0.3) is 0 Å². The molecule has 102 valence electrons. The number of methoxy groups -OCH3 is 2. The van der Waals surface area contributed by atoms with Crippen LogP contribution in [0.5, 0.6) is 11.5 Å². The van der Waals surface area contributed by atoms with E-state index in [4.69, 9.17) is 19.6 Å². The van der Waals surface area contributed by atoms with Gasteiger partial charge in [-0.25, -0.2) is 0 Å². The molecule has 5 heteroatoms. The van der Waals surface area contributed by atoms with Gasteiger partial charge in [-0.1, -0.05) is 0 Å². The summed E-state index contributed by atoms with van der Waals surface area (Å²) in [6.45, 7) is 0.705. The number of nitrogen functional groups attached to an aromatic ring is 1. The topological polar surface area (TPSA) is 60.9 Å². The van der Waals surface area contributed by atoms with E-state index in [9.17, 15) is 0 Å². The lowest BCUT2D eigenvalue weighted by Gasteiger charge is -2.22. The highest BCUT2D eigenvalue weighted by atomic mass is 16.5. The van der Waals surface area contributed by atoms with Crippen molar-refractivity contribution in [1.29, 1.82) is 0 Å². The van der Waals surface area contributed by atoms with Crippen LogP contribution in [-0.2, 0) is 6.54 Å². The Kier molecular flexibility index (Phi) is 3.85. The van der Waals surface area contributed by atoms with Crippen LogP contribution in [-0.4, -0.2) is 21.3 Å². The molecular formula is C14H18N2O3. The largest absolute Gasteiger partial charge is 0.493 e. The molecule has 1 heterocycles. The van der Waals surface area contributed by atoms with Crippen LogP contribution >= 0.6 is 0 Å². The van der Waals surface area contributed by atoms with Gasteiger partial charge >= 0.3 is 0 Å². The SMILES string of the molecule is COc1cc(N)c(N(C)Cc2ccoc2)cc1OC. The van der Waals surface area contributed by atoms with Crippen molar-refractivity contribution in [2.45, 2.75) is 6.54 Å². The zero-order valence-corrected chi connectivity index (χ0v) is 11.3. The van der Waals surface area contributed by atoms with Crippen molar-refractivity contribution in [2.24, 2.45) is 0 Å². The molecule has 0 radical (unpaired) electrons. The number of nitrogens with zero attached hydrogens (tertiary/aromatic N) is 1. The second-order valence-electron chi connectivity index (χ2n) is 4.25. The molecule has 0 saturated carbocycles. The molecule has 0 aliphatic rings. The number of ether oxygens (including phenoxy) is 2. The third kappa shape index (κ3) is 2.76. The molecule has 0 bridgehead atoms. The highest BCUT2D eigenvalue weighted by Gasteiger charge is 2.13. The Bertz CT molecular complexity index is 538. The minimum atomic E-state index is 0.625. The normalized spacial score (nSPS) is 10.3. The first kappa shape index (κ1) is 13.1. The van der Waals surface area contributed by atoms with Gasteiger partial charge in [0.15, 0.2) is 11.5 Å². The molecule has 0 amide bonds. The number of nitrogens with two attached hydrogens (primary N) is 1. The fourth-order valence-corrected chi connectivity index (χ4v) is 1.96. The van der Waals surface area contributed by atoms with Gasteiger partial charge in [0.1, 0.15) is 0 Å². The van der Waals surface area contributed by atoms with E-state index in [1.807, 2.05) is 24.1 Å². The number of hydrogen-bond donors (Lipinski definition) is 1. The van der Waals surface area contributed by atoms with Gasteiger partial charge in [-0.3, -0.25) is 0 Å². The van der Waals surface area contributed by atoms with E-state index in [1.165, 1.54) is 0 Å². The van der Waals surface area contributed by atoms with Crippen molar-refractivity contribution >= 4 is 11.4 Å². The number of furan rings is 1. The number of rotatable bonds is 5. The van der Waals surface area contributed by atoms with E-state index in [2.05, 4.69) is 0 Å². The van der Waals surface area contributed by atoms with E-state index in [0.29, 0.717) is 23.7 Å². The first-order valence-corrected chi connectivity index (χ1v) is 5.89. The van der Waals surface area contributed by atoms with E-state index in [0.717, 1.165) is 11.3 Å². The first-order valence-electron chi connectivity index (χ1n) is 5.89.